The first-order valence-electron chi connectivity index (χ1n) is 5.51. The third-order valence-electron chi connectivity index (χ3n) is 2.34. The molecule has 0 aliphatic rings. The second-order valence-electron chi connectivity index (χ2n) is 3.72. The van der Waals surface area contributed by atoms with Crippen molar-refractivity contribution in [1.82, 2.24) is 0 Å². The highest BCUT2D eigenvalue weighted by atomic mass is 16.4. The summed E-state index contributed by atoms with van der Waals surface area (Å²) in [6.07, 6.45) is 4.40. The number of amides is 1. The summed E-state index contributed by atoms with van der Waals surface area (Å²) in [6.45, 7) is 0. The van der Waals surface area contributed by atoms with Crippen molar-refractivity contribution in [2.24, 2.45) is 0 Å². The van der Waals surface area contributed by atoms with Crippen LogP contribution in [0.5, 0.6) is 0 Å². The van der Waals surface area contributed by atoms with Gasteiger partial charge >= 0.3 is 5.97 Å². The molecule has 19 heavy (non-hydrogen) atoms. The number of carboxylic acids is 1. The van der Waals surface area contributed by atoms with Gasteiger partial charge in [0.05, 0.1) is 11.8 Å². The first-order chi connectivity index (χ1) is 9.15. The average Bonchev–Trinajstić information content (AvgIpc) is 2.90. The second-order valence-corrected chi connectivity index (χ2v) is 3.72. The Morgan fingerprint density at radius 2 is 1.89 bits per heavy atom. The lowest BCUT2D eigenvalue weighted by molar-refractivity contribution is -0.111. The molecule has 0 bridgehead atoms. The van der Waals surface area contributed by atoms with Crippen LogP contribution in [0.15, 0.2) is 53.2 Å². The molecule has 1 aromatic carbocycles. The van der Waals surface area contributed by atoms with E-state index >= 15 is 0 Å². The Balaban J connectivity index is 1.97. The van der Waals surface area contributed by atoms with E-state index in [1.165, 1.54) is 36.6 Å². The van der Waals surface area contributed by atoms with Crippen LogP contribution in [-0.2, 0) is 4.79 Å². The van der Waals surface area contributed by atoms with Crippen LogP contribution in [0.2, 0.25) is 0 Å². The molecule has 2 rings (SSSR count). The first kappa shape index (κ1) is 12.6. The molecular formula is C14H11NO4. The molecule has 0 unspecified atom stereocenters. The van der Waals surface area contributed by atoms with Crippen molar-refractivity contribution in [3.63, 3.8) is 0 Å². The zero-order chi connectivity index (χ0) is 13.7. The Kier molecular flexibility index (Phi) is 3.78. The Morgan fingerprint density at radius 3 is 2.47 bits per heavy atom. The van der Waals surface area contributed by atoms with Crippen molar-refractivity contribution in [3.05, 3.63) is 60.1 Å². The fourth-order valence-corrected chi connectivity index (χ4v) is 1.42. The molecule has 0 saturated carbocycles. The van der Waals surface area contributed by atoms with E-state index in [2.05, 4.69) is 5.32 Å². The van der Waals surface area contributed by atoms with Gasteiger partial charge in [-0.2, -0.15) is 0 Å². The Morgan fingerprint density at radius 1 is 1.16 bits per heavy atom. The molecule has 0 spiro atoms. The van der Waals surface area contributed by atoms with Crippen LogP contribution in [-0.4, -0.2) is 17.0 Å². The van der Waals surface area contributed by atoms with E-state index in [4.69, 9.17) is 9.52 Å². The Bertz CT molecular complexity index is 597. The Labute approximate surface area is 109 Å². The number of hydrogen-bond acceptors (Lipinski definition) is 3. The summed E-state index contributed by atoms with van der Waals surface area (Å²) in [5.74, 6) is -0.744. The molecule has 5 nitrogen and oxygen atoms in total. The number of benzene rings is 1. The molecule has 0 atom stereocenters. The lowest BCUT2D eigenvalue weighted by Gasteiger charge is -2.02. The Hall–Kier alpha value is -2.82. The van der Waals surface area contributed by atoms with Crippen LogP contribution in [0.1, 0.15) is 16.1 Å². The predicted octanol–water partition coefficient (Wildman–Crippen LogP) is 2.63. The number of carboxylic acid groups (broad SMARTS) is 1. The number of carbonyl (C=O) groups is 2. The molecule has 1 aromatic heterocycles. The predicted molar refractivity (Wildman–Crippen MR) is 69.8 cm³/mol. The molecule has 1 heterocycles. The summed E-state index contributed by atoms with van der Waals surface area (Å²) in [7, 11) is 0. The number of aromatic carboxylic acids is 1. The van der Waals surface area contributed by atoms with Crippen LogP contribution >= 0.6 is 0 Å². The van der Waals surface area contributed by atoms with E-state index < -0.39 is 5.97 Å². The zero-order valence-corrected chi connectivity index (χ0v) is 9.87. The van der Waals surface area contributed by atoms with Crippen LogP contribution in [0, 0.1) is 0 Å². The van der Waals surface area contributed by atoms with Crippen molar-refractivity contribution in [2.45, 2.75) is 0 Å². The summed E-state index contributed by atoms with van der Waals surface area (Å²) >= 11 is 0. The number of anilines is 1. The van der Waals surface area contributed by atoms with Crippen LogP contribution < -0.4 is 5.32 Å². The molecule has 0 aliphatic heterocycles. The van der Waals surface area contributed by atoms with Gasteiger partial charge in [-0.25, -0.2) is 4.79 Å². The van der Waals surface area contributed by atoms with Gasteiger partial charge in [0.25, 0.3) is 0 Å². The van der Waals surface area contributed by atoms with Crippen molar-refractivity contribution in [1.29, 1.82) is 0 Å². The number of nitrogens with one attached hydrogen (secondary N) is 1. The molecule has 5 heteroatoms. The SMILES string of the molecule is O=C(C=Cc1ccco1)Nc1ccc(C(=O)O)cc1. The monoisotopic (exact) mass is 257 g/mol. The topological polar surface area (TPSA) is 79.5 Å². The van der Waals surface area contributed by atoms with Gasteiger partial charge in [-0.15, -0.1) is 0 Å². The molecule has 1 amide bonds. The highest BCUT2D eigenvalue weighted by Gasteiger charge is 2.03. The zero-order valence-electron chi connectivity index (χ0n) is 9.87. The maximum Gasteiger partial charge on any atom is 0.335 e. The van der Waals surface area contributed by atoms with Crippen LogP contribution in [0.4, 0.5) is 5.69 Å². The molecular weight excluding hydrogens is 246 g/mol. The summed E-state index contributed by atoms with van der Waals surface area (Å²) in [6, 6.07) is 9.36. The number of rotatable bonds is 4. The van der Waals surface area contributed by atoms with Gasteiger partial charge in [0.1, 0.15) is 5.76 Å². The van der Waals surface area contributed by atoms with Crippen LogP contribution in [0.25, 0.3) is 6.08 Å². The van der Waals surface area contributed by atoms with E-state index in [1.54, 1.807) is 18.2 Å². The lowest BCUT2D eigenvalue weighted by Crippen LogP contribution is -2.07. The molecule has 0 aliphatic carbocycles. The third-order valence-corrected chi connectivity index (χ3v) is 2.34. The normalized spacial score (nSPS) is 10.5. The van der Waals surface area contributed by atoms with Gasteiger partial charge in [-0.1, -0.05) is 0 Å². The number of hydrogen-bond donors (Lipinski definition) is 2. The minimum absolute atomic E-state index is 0.170. The van der Waals surface area contributed by atoms with Crippen molar-refractivity contribution < 1.29 is 19.1 Å². The molecule has 96 valence electrons. The van der Waals surface area contributed by atoms with Gasteiger partial charge < -0.3 is 14.8 Å². The standard InChI is InChI=1S/C14H11NO4/c16-13(8-7-12-2-1-9-19-12)15-11-5-3-10(4-6-11)14(17)18/h1-9H,(H,15,16)(H,17,18). The average molecular weight is 257 g/mol. The van der Waals surface area contributed by atoms with Gasteiger partial charge in [-0.3, -0.25) is 4.79 Å². The molecule has 0 fully saturated rings. The lowest BCUT2D eigenvalue weighted by atomic mass is 10.2. The minimum atomic E-state index is -1.00. The van der Waals surface area contributed by atoms with E-state index in [0.29, 0.717) is 11.4 Å². The van der Waals surface area contributed by atoms with E-state index in [1.807, 2.05) is 0 Å². The largest absolute Gasteiger partial charge is 0.478 e. The second kappa shape index (κ2) is 5.68. The summed E-state index contributed by atoms with van der Waals surface area (Å²) < 4.78 is 5.04. The fourth-order valence-electron chi connectivity index (χ4n) is 1.42. The van der Waals surface area contributed by atoms with Gasteiger partial charge in [0.15, 0.2) is 0 Å². The summed E-state index contributed by atoms with van der Waals surface area (Å²) in [5.41, 5.74) is 0.697. The van der Waals surface area contributed by atoms with Crippen molar-refractivity contribution in [2.75, 3.05) is 5.32 Å². The quantitative estimate of drug-likeness (QED) is 0.825. The van der Waals surface area contributed by atoms with Gasteiger partial charge in [0, 0.05) is 11.8 Å². The minimum Gasteiger partial charge on any atom is -0.478 e. The van der Waals surface area contributed by atoms with E-state index in [0.717, 1.165) is 0 Å². The molecule has 0 saturated heterocycles. The number of carbonyl (C=O) groups excluding carboxylic acids is 1. The first-order valence-corrected chi connectivity index (χ1v) is 5.51. The van der Waals surface area contributed by atoms with Gasteiger partial charge in [-0.05, 0) is 42.5 Å². The van der Waals surface area contributed by atoms with Crippen molar-refractivity contribution >= 4 is 23.6 Å². The summed E-state index contributed by atoms with van der Waals surface area (Å²) in [4.78, 5) is 22.2. The maximum absolute atomic E-state index is 11.6. The van der Waals surface area contributed by atoms with E-state index in [-0.39, 0.29) is 11.5 Å². The molecule has 2 aromatic rings. The fraction of sp³-hybridized carbons (Fsp3) is 0. The highest BCUT2D eigenvalue weighted by Crippen LogP contribution is 2.10. The molecule has 2 N–H and O–H groups in total. The van der Waals surface area contributed by atoms with E-state index in [9.17, 15) is 9.59 Å². The number of furan rings is 1. The van der Waals surface area contributed by atoms with Crippen molar-refractivity contribution in [3.8, 4) is 0 Å². The van der Waals surface area contributed by atoms with Crippen LogP contribution in [0.3, 0.4) is 0 Å². The van der Waals surface area contributed by atoms with Gasteiger partial charge in [0.2, 0.25) is 5.91 Å². The maximum atomic E-state index is 11.6. The highest BCUT2D eigenvalue weighted by molar-refractivity contribution is 6.02. The smallest absolute Gasteiger partial charge is 0.335 e. The third kappa shape index (κ3) is 3.57. The molecule has 0 radical (unpaired) electrons. The summed E-state index contributed by atoms with van der Waals surface area (Å²) in [5, 5.41) is 11.3.